The molecule has 74 valence electrons. The zero-order valence-corrected chi connectivity index (χ0v) is 9.56. The fourth-order valence-electron chi connectivity index (χ4n) is 1.17. The summed E-state index contributed by atoms with van der Waals surface area (Å²) in [6.45, 7) is 7.99. The largest absolute Gasteiger partial charge is 0.303 e. The van der Waals surface area contributed by atoms with Crippen molar-refractivity contribution in [2.24, 2.45) is 5.92 Å². The van der Waals surface area contributed by atoms with Gasteiger partial charge in [-0.3, -0.25) is 0 Å². The molecule has 0 heterocycles. The molecule has 0 saturated carbocycles. The molecule has 0 aromatic carbocycles. The van der Waals surface area contributed by atoms with Gasteiger partial charge in [0.1, 0.15) is 0 Å². The number of halogens is 1. The number of unbranched alkanes of at least 4 members (excludes halogenated alkanes) is 1. The lowest BCUT2D eigenvalue weighted by atomic mass is 10.1. The lowest BCUT2D eigenvalue weighted by Crippen LogP contribution is -2.33. The van der Waals surface area contributed by atoms with Gasteiger partial charge >= 0.3 is 0 Å². The predicted octanol–water partition coefficient (Wildman–Crippen LogP) is 2.98. The summed E-state index contributed by atoms with van der Waals surface area (Å²) in [5.41, 5.74) is 0. The van der Waals surface area contributed by atoms with Crippen LogP contribution < -0.4 is 0 Å². The monoisotopic (exact) mass is 191 g/mol. The van der Waals surface area contributed by atoms with Crippen molar-refractivity contribution >= 4 is 11.6 Å². The van der Waals surface area contributed by atoms with E-state index in [2.05, 4.69) is 32.7 Å². The van der Waals surface area contributed by atoms with Crippen LogP contribution in [0, 0.1) is 5.92 Å². The van der Waals surface area contributed by atoms with Gasteiger partial charge in [0.15, 0.2) is 0 Å². The number of nitrogens with zero attached hydrogens (tertiary/aromatic N) is 1. The molecule has 0 fully saturated rings. The first-order chi connectivity index (χ1) is 5.59. The van der Waals surface area contributed by atoms with Gasteiger partial charge in [0.05, 0.1) is 0 Å². The van der Waals surface area contributed by atoms with E-state index in [1.165, 1.54) is 13.0 Å². The van der Waals surface area contributed by atoms with Gasteiger partial charge in [-0.05, 0) is 39.3 Å². The fourth-order valence-corrected chi connectivity index (χ4v) is 1.36. The summed E-state index contributed by atoms with van der Waals surface area (Å²) in [4.78, 5) is 2.41. The molecule has 0 saturated heterocycles. The van der Waals surface area contributed by atoms with Crippen molar-refractivity contribution in [3.8, 4) is 0 Å². The lowest BCUT2D eigenvalue weighted by Gasteiger charge is -2.27. The third kappa shape index (κ3) is 5.00. The zero-order valence-electron chi connectivity index (χ0n) is 8.81. The van der Waals surface area contributed by atoms with Gasteiger partial charge in [0.25, 0.3) is 0 Å². The standard InChI is InChI=1S/C10H22ClN/c1-9(2)10(3)12(4)8-6-5-7-11/h9-10H,5-8H2,1-4H3. The summed E-state index contributed by atoms with van der Waals surface area (Å²) in [5, 5.41) is 0. The Hall–Kier alpha value is 0.250. The molecule has 0 aromatic rings. The molecule has 0 aliphatic rings. The van der Waals surface area contributed by atoms with Crippen molar-refractivity contribution < 1.29 is 0 Å². The first-order valence-electron chi connectivity index (χ1n) is 4.85. The SMILES string of the molecule is CC(C)C(C)N(C)CCCCCl. The van der Waals surface area contributed by atoms with Gasteiger partial charge in [-0.25, -0.2) is 0 Å². The molecule has 0 rings (SSSR count). The Bertz CT molecular complexity index is 104. The Morgan fingerprint density at radius 2 is 1.75 bits per heavy atom. The summed E-state index contributed by atoms with van der Waals surface area (Å²) >= 11 is 5.61. The minimum absolute atomic E-state index is 0.681. The molecule has 0 aliphatic heterocycles. The Balaban J connectivity index is 3.49. The van der Waals surface area contributed by atoms with E-state index >= 15 is 0 Å². The lowest BCUT2D eigenvalue weighted by molar-refractivity contribution is 0.206. The zero-order chi connectivity index (χ0) is 9.56. The summed E-state index contributed by atoms with van der Waals surface area (Å²) in [7, 11) is 2.19. The van der Waals surface area contributed by atoms with Crippen molar-refractivity contribution in [2.45, 2.75) is 39.7 Å². The Kier molecular flexibility index (Phi) is 6.87. The van der Waals surface area contributed by atoms with E-state index in [1.54, 1.807) is 0 Å². The fraction of sp³-hybridized carbons (Fsp3) is 1.00. The van der Waals surface area contributed by atoms with Gasteiger partial charge in [0.2, 0.25) is 0 Å². The topological polar surface area (TPSA) is 3.24 Å². The van der Waals surface area contributed by atoms with E-state index in [1.807, 2.05) is 0 Å². The molecule has 0 bridgehead atoms. The minimum atomic E-state index is 0.681. The van der Waals surface area contributed by atoms with Crippen LogP contribution in [0.25, 0.3) is 0 Å². The van der Waals surface area contributed by atoms with Gasteiger partial charge in [0, 0.05) is 11.9 Å². The Labute approximate surface area is 82.1 Å². The number of rotatable bonds is 6. The highest BCUT2D eigenvalue weighted by molar-refractivity contribution is 6.17. The molecule has 1 unspecified atom stereocenters. The van der Waals surface area contributed by atoms with E-state index in [0.29, 0.717) is 6.04 Å². The normalized spacial score (nSPS) is 14.2. The minimum Gasteiger partial charge on any atom is -0.303 e. The van der Waals surface area contributed by atoms with Crippen molar-refractivity contribution in [1.82, 2.24) is 4.90 Å². The first-order valence-corrected chi connectivity index (χ1v) is 5.39. The van der Waals surface area contributed by atoms with Crippen molar-refractivity contribution in [3.05, 3.63) is 0 Å². The van der Waals surface area contributed by atoms with E-state index < -0.39 is 0 Å². The van der Waals surface area contributed by atoms with Gasteiger partial charge in [-0.2, -0.15) is 0 Å². The van der Waals surface area contributed by atoms with E-state index in [0.717, 1.165) is 18.2 Å². The van der Waals surface area contributed by atoms with Crippen molar-refractivity contribution in [1.29, 1.82) is 0 Å². The molecule has 0 aromatic heterocycles. The molecule has 0 radical (unpaired) electrons. The van der Waals surface area contributed by atoms with Crippen LogP contribution in [0.2, 0.25) is 0 Å². The number of hydrogen-bond acceptors (Lipinski definition) is 1. The first kappa shape index (κ1) is 12.2. The smallest absolute Gasteiger partial charge is 0.0223 e. The molecule has 0 spiro atoms. The van der Waals surface area contributed by atoms with E-state index in [4.69, 9.17) is 11.6 Å². The second-order valence-electron chi connectivity index (χ2n) is 3.86. The van der Waals surface area contributed by atoms with Crippen LogP contribution >= 0.6 is 11.6 Å². The van der Waals surface area contributed by atoms with E-state index in [9.17, 15) is 0 Å². The maximum absolute atomic E-state index is 5.61. The van der Waals surface area contributed by atoms with Gasteiger partial charge in [-0.1, -0.05) is 13.8 Å². The van der Waals surface area contributed by atoms with Crippen molar-refractivity contribution in [2.75, 3.05) is 19.5 Å². The second-order valence-corrected chi connectivity index (χ2v) is 4.24. The third-order valence-electron chi connectivity index (χ3n) is 2.55. The summed E-state index contributed by atoms with van der Waals surface area (Å²) in [6.07, 6.45) is 2.35. The molecular weight excluding hydrogens is 170 g/mol. The van der Waals surface area contributed by atoms with Gasteiger partial charge < -0.3 is 4.90 Å². The quantitative estimate of drug-likeness (QED) is 0.461. The van der Waals surface area contributed by atoms with Crippen LogP contribution in [0.15, 0.2) is 0 Å². The molecular formula is C10H22ClN. The predicted molar refractivity (Wildman–Crippen MR) is 56.9 cm³/mol. The average Bonchev–Trinajstić information content (AvgIpc) is 2.03. The van der Waals surface area contributed by atoms with Crippen LogP contribution in [0.1, 0.15) is 33.6 Å². The molecule has 1 atom stereocenters. The highest BCUT2D eigenvalue weighted by atomic mass is 35.5. The maximum Gasteiger partial charge on any atom is 0.0223 e. The summed E-state index contributed by atoms with van der Waals surface area (Å²) in [5.74, 6) is 1.54. The molecule has 0 aliphatic carbocycles. The summed E-state index contributed by atoms with van der Waals surface area (Å²) in [6, 6.07) is 0.681. The molecule has 12 heavy (non-hydrogen) atoms. The number of alkyl halides is 1. The van der Waals surface area contributed by atoms with Crippen LogP contribution in [-0.4, -0.2) is 30.4 Å². The molecule has 0 N–H and O–H groups in total. The highest BCUT2D eigenvalue weighted by Crippen LogP contribution is 2.08. The van der Waals surface area contributed by atoms with Crippen LogP contribution in [-0.2, 0) is 0 Å². The van der Waals surface area contributed by atoms with Crippen LogP contribution in [0.5, 0.6) is 0 Å². The number of hydrogen-bond donors (Lipinski definition) is 0. The Morgan fingerprint density at radius 1 is 1.17 bits per heavy atom. The molecule has 2 heteroatoms. The third-order valence-corrected chi connectivity index (χ3v) is 2.82. The maximum atomic E-state index is 5.61. The molecule has 1 nitrogen and oxygen atoms in total. The Morgan fingerprint density at radius 3 is 2.17 bits per heavy atom. The molecule has 0 amide bonds. The van der Waals surface area contributed by atoms with E-state index in [-0.39, 0.29) is 0 Å². The highest BCUT2D eigenvalue weighted by Gasteiger charge is 2.11. The van der Waals surface area contributed by atoms with Crippen LogP contribution in [0.3, 0.4) is 0 Å². The second kappa shape index (κ2) is 6.73. The van der Waals surface area contributed by atoms with Crippen molar-refractivity contribution in [3.63, 3.8) is 0 Å². The summed E-state index contributed by atoms with van der Waals surface area (Å²) < 4.78 is 0. The van der Waals surface area contributed by atoms with Gasteiger partial charge in [-0.15, -0.1) is 11.6 Å². The van der Waals surface area contributed by atoms with Crippen LogP contribution in [0.4, 0.5) is 0 Å². The average molecular weight is 192 g/mol.